The monoisotopic (exact) mass is 397 g/mol. The Kier molecular flexibility index (Phi) is 5.32. The van der Waals surface area contributed by atoms with Crippen molar-refractivity contribution >= 4 is 33.1 Å². The number of hydrogen-bond donors (Lipinski definition) is 3. The van der Waals surface area contributed by atoms with Gasteiger partial charge in [0.15, 0.2) is 5.78 Å². The van der Waals surface area contributed by atoms with Crippen molar-refractivity contribution in [3.8, 4) is 0 Å². The van der Waals surface area contributed by atoms with Gasteiger partial charge in [-0.2, -0.15) is 0 Å². The fraction of sp³-hybridized carbons (Fsp3) is 0.100. The van der Waals surface area contributed by atoms with E-state index in [4.69, 9.17) is 0 Å². The summed E-state index contributed by atoms with van der Waals surface area (Å²) in [5.41, 5.74) is 2.51. The number of nitrogens with one attached hydrogen (secondary N) is 3. The van der Waals surface area contributed by atoms with Crippen molar-refractivity contribution in [3.05, 3.63) is 77.6 Å². The second kappa shape index (κ2) is 7.69. The number of aromatic amines is 1. The van der Waals surface area contributed by atoms with E-state index in [0.717, 1.165) is 5.56 Å². The molecule has 0 saturated heterocycles. The number of anilines is 2. The van der Waals surface area contributed by atoms with E-state index in [0.29, 0.717) is 16.9 Å². The van der Waals surface area contributed by atoms with Gasteiger partial charge in [-0.3, -0.25) is 14.3 Å². The molecule has 0 radical (unpaired) electrons. The summed E-state index contributed by atoms with van der Waals surface area (Å²) >= 11 is 0. The molecule has 0 aliphatic heterocycles. The number of aryl methyl sites for hydroxylation is 1. The zero-order chi connectivity index (χ0) is 20.3. The lowest BCUT2D eigenvalue weighted by atomic mass is 10.2. The van der Waals surface area contributed by atoms with E-state index >= 15 is 0 Å². The van der Waals surface area contributed by atoms with Crippen molar-refractivity contribution < 1.29 is 18.0 Å². The molecule has 7 nitrogen and oxygen atoms in total. The topological polar surface area (TPSA) is 108 Å². The van der Waals surface area contributed by atoms with Crippen LogP contribution in [0.3, 0.4) is 0 Å². The first-order valence-corrected chi connectivity index (χ1v) is 9.93. The highest BCUT2D eigenvalue weighted by atomic mass is 32.2. The molecule has 0 unspecified atom stereocenters. The number of aromatic nitrogens is 1. The summed E-state index contributed by atoms with van der Waals surface area (Å²) in [6.45, 7) is 3.30. The van der Waals surface area contributed by atoms with Crippen LogP contribution in [0.2, 0.25) is 0 Å². The summed E-state index contributed by atoms with van der Waals surface area (Å²) in [5, 5.41) is 2.68. The average Bonchev–Trinajstić information content (AvgIpc) is 3.14. The second-order valence-corrected chi connectivity index (χ2v) is 7.99. The molecule has 3 rings (SSSR count). The van der Waals surface area contributed by atoms with Crippen LogP contribution in [0.5, 0.6) is 0 Å². The van der Waals surface area contributed by atoms with Crippen LogP contribution in [0, 0.1) is 6.92 Å². The number of Topliss-reactive ketones (excluding diaryl/α,β-unsaturated/α-hetero) is 1. The van der Waals surface area contributed by atoms with E-state index in [1.165, 1.54) is 31.3 Å². The molecule has 1 amide bonds. The third kappa shape index (κ3) is 4.47. The molecule has 2 aromatic carbocycles. The molecule has 8 heteroatoms. The van der Waals surface area contributed by atoms with Crippen LogP contribution < -0.4 is 10.0 Å². The van der Waals surface area contributed by atoms with Crippen LogP contribution in [0.1, 0.15) is 33.3 Å². The number of rotatable bonds is 6. The van der Waals surface area contributed by atoms with Crippen LogP contribution in [0.25, 0.3) is 0 Å². The number of carbonyl (C=O) groups is 2. The maximum atomic E-state index is 12.4. The number of hydrogen-bond acceptors (Lipinski definition) is 4. The Morgan fingerprint density at radius 3 is 2.11 bits per heavy atom. The van der Waals surface area contributed by atoms with E-state index in [1.54, 1.807) is 36.4 Å². The number of H-pyrrole nitrogens is 1. The molecule has 28 heavy (non-hydrogen) atoms. The highest BCUT2D eigenvalue weighted by Crippen LogP contribution is 2.19. The standard InChI is InChI=1S/C20H19N3O4S/c1-13-3-9-18(10-4-13)28(26,27)23-17-7-5-16(6-8-17)22-20(25)19-11-15(12-21-19)14(2)24/h3-12,21,23H,1-2H3,(H,22,25). The third-order valence-corrected chi connectivity index (χ3v) is 5.46. The van der Waals surface area contributed by atoms with Crippen molar-refractivity contribution in [1.82, 2.24) is 4.98 Å². The maximum Gasteiger partial charge on any atom is 0.272 e. The lowest BCUT2D eigenvalue weighted by Crippen LogP contribution is -2.14. The van der Waals surface area contributed by atoms with Gasteiger partial charge in [0.2, 0.25) is 0 Å². The van der Waals surface area contributed by atoms with Gasteiger partial charge in [-0.1, -0.05) is 17.7 Å². The molecule has 1 aromatic heterocycles. The van der Waals surface area contributed by atoms with Crippen LogP contribution in [0.15, 0.2) is 65.7 Å². The minimum Gasteiger partial charge on any atom is -0.356 e. The fourth-order valence-corrected chi connectivity index (χ4v) is 3.54. The summed E-state index contributed by atoms with van der Waals surface area (Å²) in [5.74, 6) is -0.541. The molecule has 0 saturated carbocycles. The molecular formula is C20H19N3O4S. The van der Waals surface area contributed by atoms with Crippen molar-refractivity contribution in [2.45, 2.75) is 18.7 Å². The van der Waals surface area contributed by atoms with Gasteiger partial charge in [0.05, 0.1) is 4.90 Å². The van der Waals surface area contributed by atoms with Crippen molar-refractivity contribution in [3.63, 3.8) is 0 Å². The number of benzene rings is 2. The van der Waals surface area contributed by atoms with Crippen molar-refractivity contribution in [1.29, 1.82) is 0 Å². The van der Waals surface area contributed by atoms with E-state index in [-0.39, 0.29) is 16.4 Å². The van der Waals surface area contributed by atoms with Gasteiger partial charge in [0, 0.05) is 23.1 Å². The highest BCUT2D eigenvalue weighted by Gasteiger charge is 2.14. The molecule has 0 atom stereocenters. The molecule has 0 aliphatic carbocycles. The highest BCUT2D eigenvalue weighted by molar-refractivity contribution is 7.92. The summed E-state index contributed by atoms with van der Waals surface area (Å²) in [6, 6.07) is 14.3. The summed E-state index contributed by atoms with van der Waals surface area (Å²) < 4.78 is 27.3. The predicted octanol–water partition coefficient (Wildman–Crippen LogP) is 3.58. The van der Waals surface area contributed by atoms with Gasteiger partial charge in [-0.05, 0) is 56.3 Å². The first-order chi connectivity index (χ1) is 13.2. The van der Waals surface area contributed by atoms with Crippen molar-refractivity contribution in [2.75, 3.05) is 10.0 Å². The Morgan fingerprint density at radius 1 is 0.929 bits per heavy atom. The van der Waals surface area contributed by atoms with E-state index < -0.39 is 15.9 Å². The number of ketones is 1. The average molecular weight is 397 g/mol. The summed E-state index contributed by atoms with van der Waals surface area (Å²) in [6.07, 6.45) is 1.47. The smallest absolute Gasteiger partial charge is 0.272 e. The van der Waals surface area contributed by atoms with Crippen LogP contribution in [0.4, 0.5) is 11.4 Å². The Hall–Kier alpha value is -3.39. The molecule has 3 N–H and O–H groups in total. The lowest BCUT2D eigenvalue weighted by Gasteiger charge is -2.09. The third-order valence-electron chi connectivity index (χ3n) is 4.06. The van der Waals surface area contributed by atoms with Gasteiger partial charge in [-0.25, -0.2) is 8.42 Å². The van der Waals surface area contributed by atoms with Gasteiger partial charge < -0.3 is 10.3 Å². The van der Waals surface area contributed by atoms with Crippen LogP contribution >= 0.6 is 0 Å². The first-order valence-electron chi connectivity index (χ1n) is 8.45. The van der Waals surface area contributed by atoms with Gasteiger partial charge in [-0.15, -0.1) is 0 Å². The van der Waals surface area contributed by atoms with Gasteiger partial charge in [0.1, 0.15) is 5.69 Å². The first kappa shape index (κ1) is 19.4. The minimum atomic E-state index is -3.69. The largest absolute Gasteiger partial charge is 0.356 e. The Balaban J connectivity index is 1.68. The Morgan fingerprint density at radius 2 is 1.54 bits per heavy atom. The molecule has 0 fully saturated rings. The molecule has 0 spiro atoms. The van der Waals surface area contributed by atoms with Gasteiger partial charge in [0.25, 0.3) is 15.9 Å². The Bertz CT molecular complexity index is 1120. The lowest BCUT2D eigenvalue weighted by molar-refractivity contribution is 0.101. The zero-order valence-electron chi connectivity index (χ0n) is 15.3. The SMILES string of the molecule is CC(=O)c1c[nH]c(C(=O)Nc2ccc(NS(=O)(=O)c3ccc(C)cc3)cc2)c1. The van der Waals surface area contributed by atoms with E-state index in [1.807, 2.05) is 6.92 Å². The zero-order valence-corrected chi connectivity index (χ0v) is 16.1. The van der Waals surface area contributed by atoms with E-state index in [2.05, 4.69) is 15.0 Å². The maximum absolute atomic E-state index is 12.4. The van der Waals surface area contributed by atoms with Crippen LogP contribution in [-0.2, 0) is 10.0 Å². The molecule has 144 valence electrons. The molecule has 3 aromatic rings. The number of amides is 1. The minimum absolute atomic E-state index is 0.138. The normalized spacial score (nSPS) is 11.1. The summed E-state index contributed by atoms with van der Waals surface area (Å²) in [7, 11) is -3.69. The van der Waals surface area contributed by atoms with Crippen LogP contribution in [-0.4, -0.2) is 25.1 Å². The molecule has 1 heterocycles. The molecular weight excluding hydrogens is 378 g/mol. The van der Waals surface area contributed by atoms with Crippen molar-refractivity contribution in [2.24, 2.45) is 0 Å². The second-order valence-electron chi connectivity index (χ2n) is 6.31. The quantitative estimate of drug-likeness (QED) is 0.553. The number of carbonyl (C=O) groups excluding carboxylic acids is 2. The molecule has 0 bridgehead atoms. The Labute approximate surface area is 162 Å². The summed E-state index contributed by atoms with van der Waals surface area (Å²) in [4.78, 5) is 26.4. The van der Waals surface area contributed by atoms with E-state index in [9.17, 15) is 18.0 Å². The predicted molar refractivity (Wildman–Crippen MR) is 107 cm³/mol. The number of sulfonamides is 1. The molecule has 0 aliphatic rings. The fourth-order valence-electron chi connectivity index (χ4n) is 2.48. The van der Waals surface area contributed by atoms with Gasteiger partial charge >= 0.3 is 0 Å².